The number of nitrogens with one attached hydrogen (secondary N) is 1. The van der Waals surface area contributed by atoms with Gasteiger partial charge in [-0.15, -0.1) is 0 Å². The molecular weight excluding hydrogens is 389 g/mol. The third kappa shape index (κ3) is 3.11. The maximum atomic E-state index is 13.1. The molecule has 1 saturated carbocycles. The molecule has 2 N–H and O–H groups in total. The Morgan fingerprint density at radius 1 is 1.13 bits per heavy atom. The summed E-state index contributed by atoms with van der Waals surface area (Å²) in [5.41, 5.74) is 1.44. The summed E-state index contributed by atoms with van der Waals surface area (Å²) in [5, 5.41) is 12.6. The van der Waals surface area contributed by atoms with Gasteiger partial charge in [0, 0.05) is 11.7 Å². The van der Waals surface area contributed by atoms with Crippen LogP contribution in [0.25, 0.3) is 0 Å². The largest absolute Gasteiger partial charge is 0.465 e. The zero-order valence-corrected chi connectivity index (χ0v) is 16.3. The average Bonchev–Trinajstić information content (AvgIpc) is 3.53. The lowest BCUT2D eigenvalue weighted by atomic mass is 9.80. The molecule has 1 aliphatic carbocycles. The fraction of sp³-hybridized carbons (Fsp3) is 0.409. The van der Waals surface area contributed by atoms with Gasteiger partial charge in [-0.05, 0) is 68.0 Å². The second kappa shape index (κ2) is 7.05. The lowest BCUT2D eigenvalue weighted by Gasteiger charge is -2.40. The van der Waals surface area contributed by atoms with Crippen molar-refractivity contribution in [3.8, 4) is 0 Å². The van der Waals surface area contributed by atoms with Crippen molar-refractivity contribution >= 4 is 23.4 Å². The fourth-order valence-electron chi connectivity index (χ4n) is 4.41. The number of carbonyl (C=O) groups excluding carboxylic acids is 1. The van der Waals surface area contributed by atoms with E-state index in [0.717, 1.165) is 19.3 Å². The Hall–Kier alpha value is -3.00. The van der Waals surface area contributed by atoms with Gasteiger partial charge in [0.1, 0.15) is 11.2 Å². The number of rotatable bonds is 4. The monoisotopic (exact) mass is 411 g/mol. The van der Waals surface area contributed by atoms with Gasteiger partial charge in [-0.3, -0.25) is 14.7 Å². The first-order valence-electron chi connectivity index (χ1n) is 10.2. The van der Waals surface area contributed by atoms with Gasteiger partial charge in [0.25, 0.3) is 0 Å². The lowest BCUT2D eigenvalue weighted by molar-refractivity contribution is -0.140. The number of hydrogen-bond acceptors (Lipinski definition) is 4. The number of ether oxygens (including phenoxy) is 1. The highest BCUT2D eigenvalue weighted by molar-refractivity contribution is 6.00. The van der Waals surface area contributed by atoms with E-state index >= 15 is 0 Å². The van der Waals surface area contributed by atoms with Crippen molar-refractivity contribution in [1.29, 1.82) is 0 Å². The SMILES string of the molecule is O=C(O)N1c2ccc(C3(C(=O)Nc4ccc(F)cc4)COC3)nc2CCC1C1CC1. The van der Waals surface area contributed by atoms with Gasteiger partial charge in [0.05, 0.1) is 30.3 Å². The molecule has 0 spiro atoms. The third-order valence-electron chi connectivity index (χ3n) is 6.31. The Labute approximate surface area is 172 Å². The highest BCUT2D eigenvalue weighted by Crippen LogP contribution is 2.43. The second-order valence-electron chi connectivity index (χ2n) is 8.29. The molecule has 1 saturated heterocycles. The van der Waals surface area contributed by atoms with Crippen LogP contribution in [-0.2, 0) is 21.4 Å². The predicted octanol–water partition coefficient (Wildman–Crippen LogP) is 3.34. The van der Waals surface area contributed by atoms with Crippen LogP contribution in [-0.4, -0.2) is 41.3 Å². The summed E-state index contributed by atoms with van der Waals surface area (Å²) in [5.74, 6) is -0.213. The Morgan fingerprint density at radius 2 is 1.87 bits per heavy atom. The standard InChI is InChI=1S/C22H22FN3O4/c23-14-3-5-15(6-4-14)24-20(27)22(11-30-12-22)19-10-9-18-16(25-19)7-8-17(13-1-2-13)26(18)21(28)29/h3-6,9-10,13,17H,1-2,7-8,11-12H2,(H,24,27)(H,28,29). The van der Waals surface area contributed by atoms with Crippen LogP contribution in [0.3, 0.4) is 0 Å². The number of carboxylic acid groups (broad SMARTS) is 1. The summed E-state index contributed by atoms with van der Waals surface area (Å²) >= 11 is 0. The number of fused-ring (bicyclic) bond motifs is 1. The van der Waals surface area contributed by atoms with Crippen LogP contribution >= 0.6 is 0 Å². The Balaban J connectivity index is 1.44. The van der Waals surface area contributed by atoms with Gasteiger partial charge in [0.2, 0.25) is 5.91 Å². The molecule has 5 rings (SSSR count). The van der Waals surface area contributed by atoms with E-state index in [9.17, 15) is 19.1 Å². The normalized spacial score (nSPS) is 22.0. The molecule has 1 atom stereocenters. The number of carbonyl (C=O) groups is 2. The van der Waals surface area contributed by atoms with Gasteiger partial charge in [-0.25, -0.2) is 9.18 Å². The minimum absolute atomic E-state index is 0.00502. The molecule has 156 valence electrons. The molecule has 8 heteroatoms. The number of benzene rings is 1. The van der Waals surface area contributed by atoms with Crippen molar-refractivity contribution in [1.82, 2.24) is 4.98 Å². The van der Waals surface area contributed by atoms with Gasteiger partial charge in [0.15, 0.2) is 0 Å². The van der Waals surface area contributed by atoms with Crippen LogP contribution in [0.2, 0.25) is 0 Å². The maximum Gasteiger partial charge on any atom is 0.412 e. The van der Waals surface area contributed by atoms with Crippen LogP contribution in [0.5, 0.6) is 0 Å². The van der Waals surface area contributed by atoms with Gasteiger partial charge in [-0.2, -0.15) is 0 Å². The molecule has 7 nitrogen and oxygen atoms in total. The van der Waals surface area contributed by atoms with Crippen LogP contribution in [0.15, 0.2) is 36.4 Å². The average molecular weight is 411 g/mol. The molecule has 2 fully saturated rings. The molecule has 30 heavy (non-hydrogen) atoms. The molecular formula is C22H22FN3O4. The minimum atomic E-state index is -0.960. The zero-order chi connectivity index (χ0) is 20.9. The van der Waals surface area contributed by atoms with E-state index in [4.69, 9.17) is 9.72 Å². The van der Waals surface area contributed by atoms with Crippen molar-refractivity contribution in [3.63, 3.8) is 0 Å². The van der Waals surface area contributed by atoms with E-state index in [2.05, 4.69) is 5.32 Å². The molecule has 2 aromatic rings. The fourth-order valence-corrected chi connectivity index (χ4v) is 4.41. The second-order valence-corrected chi connectivity index (χ2v) is 8.29. The first-order valence-corrected chi connectivity index (χ1v) is 10.2. The van der Waals surface area contributed by atoms with Crippen molar-refractivity contribution in [2.24, 2.45) is 5.92 Å². The highest BCUT2D eigenvalue weighted by Gasteiger charge is 2.50. The summed E-state index contributed by atoms with van der Waals surface area (Å²) in [7, 11) is 0. The number of amides is 2. The van der Waals surface area contributed by atoms with E-state index < -0.39 is 11.5 Å². The predicted molar refractivity (Wildman–Crippen MR) is 107 cm³/mol. The van der Waals surface area contributed by atoms with Crippen molar-refractivity contribution in [2.75, 3.05) is 23.4 Å². The number of nitrogens with zero attached hydrogens (tertiary/aromatic N) is 2. The maximum absolute atomic E-state index is 13.1. The number of hydrogen-bond donors (Lipinski definition) is 2. The number of pyridine rings is 1. The Bertz CT molecular complexity index is 1000. The molecule has 3 heterocycles. The number of anilines is 2. The molecule has 2 aliphatic heterocycles. The Morgan fingerprint density at radius 3 is 2.47 bits per heavy atom. The van der Waals surface area contributed by atoms with E-state index in [1.165, 1.54) is 29.2 Å². The summed E-state index contributed by atoms with van der Waals surface area (Å²) < 4.78 is 18.5. The minimum Gasteiger partial charge on any atom is -0.465 e. The summed E-state index contributed by atoms with van der Waals surface area (Å²) in [6.07, 6.45) is 2.60. The zero-order valence-electron chi connectivity index (χ0n) is 16.3. The molecule has 1 unspecified atom stereocenters. The Kier molecular flexibility index (Phi) is 4.47. The lowest BCUT2D eigenvalue weighted by Crippen LogP contribution is -2.56. The number of aryl methyl sites for hydroxylation is 1. The van der Waals surface area contributed by atoms with Gasteiger partial charge >= 0.3 is 6.09 Å². The highest BCUT2D eigenvalue weighted by atomic mass is 19.1. The smallest absolute Gasteiger partial charge is 0.412 e. The van der Waals surface area contributed by atoms with Gasteiger partial charge in [-0.1, -0.05) is 0 Å². The van der Waals surface area contributed by atoms with Crippen LogP contribution < -0.4 is 10.2 Å². The first kappa shape index (κ1) is 19.0. The van der Waals surface area contributed by atoms with Crippen LogP contribution in [0.1, 0.15) is 30.7 Å². The van der Waals surface area contributed by atoms with E-state index in [1.54, 1.807) is 12.1 Å². The van der Waals surface area contributed by atoms with Gasteiger partial charge < -0.3 is 15.2 Å². The summed E-state index contributed by atoms with van der Waals surface area (Å²) in [4.78, 5) is 31.2. The van der Waals surface area contributed by atoms with Crippen molar-refractivity contribution in [2.45, 2.75) is 37.1 Å². The first-order chi connectivity index (χ1) is 14.5. The molecule has 0 radical (unpaired) electrons. The summed E-state index contributed by atoms with van der Waals surface area (Å²) in [6.45, 7) is 0.387. The molecule has 0 bridgehead atoms. The topological polar surface area (TPSA) is 91.8 Å². The summed E-state index contributed by atoms with van der Waals surface area (Å²) in [6, 6.07) is 9.08. The van der Waals surface area contributed by atoms with E-state index in [0.29, 0.717) is 35.1 Å². The van der Waals surface area contributed by atoms with Crippen LogP contribution in [0, 0.1) is 11.7 Å². The number of aromatic nitrogens is 1. The molecule has 1 aromatic carbocycles. The van der Waals surface area contributed by atoms with Crippen molar-refractivity contribution < 1.29 is 23.8 Å². The third-order valence-corrected chi connectivity index (χ3v) is 6.31. The van der Waals surface area contributed by atoms with Crippen molar-refractivity contribution in [3.05, 3.63) is 53.6 Å². The molecule has 2 amide bonds. The molecule has 3 aliphatic rings. The quantitative estimate of drug-likeness (QED) is 0.805. The number of halogens is 1. The van der Waals surface area contributed by atoms with E-state index in [-0.39, 0.29) is 31.0 Å². The van der Waals surface area contributed by atoms with Crippen LogP contribution in [0.4, 0.5) is 20.6 Å². The van der Waals surface area contributed by atoms with E-state index in [1.807, 2.05) is 0 Å². The molecule has 1 aromatic heterocycles.